The molecular formula is C17H19ClN2O4S2. The monoisotopic (exact) mass is 414 g/mol. The lowest BCUT2D eigenvalue weighted by Gasteiger charge is -2.26. The van der Waals surface area contributed by atoms with Gasteiger partial charge in [-0.3, -0.25) is 0 Å². The highest BCUT2D eigenvalue weighted by Gasteiger charge is 2.29. The van der Waals surface area contributed by atoms with Crippen LogP contribution in [0.25, 0.3) is 0 Å². The first-order chi connectivity index (χ1) is 12.4. The fraction of sp³-hybridized carbons (Fsp3) is 0.412. The van der Waals surface area contributed by atoms with Gasteiger partial charge in [0.25, 0.3) is 0 Å². The van der Waals surface area contributed by atoms with E-state index in [9.17, 15) is 13.2 Å². The average Bonchev–Trinajstić information content (AvgIpc) is 3.06. The second kappa shape index (κ2) is 8.04. The molecule has 9 heteroatoms. The maximum atomic E-state index is 12.8. The van der Waals surface area contributed by atoms with Crippen LogP contribution in [-0.2, 0) is 21.4 Å². The van der Waals surface area contributed by atoms with E-state index in [2.05, 4.69) is 4.98 Å². The summed E-state index contributed by atoms with van der Waals surface area (Å²) < 4.78 is 32.3. The number of carbonyl (C=O) groups is 1. The molecule has 1 aliphatic rings. The molecule has 0 radical (unpaired) electrons. The van der Waals surface area contributed by atoms with Gasteiger partial charge in [0.2, 0.25) is 10.0 Å². The summed E-state index contributed by atoms with van der Waals surface area (Å²) in [5.74, 6) is -0.609. The van der Waals surface area contributed by atoms with Crippen LogP contribution >= 0.6 is 22.9 Å². The molecule has 0 spiro atoms. The molecule has 0 amide bonds. The van der Waals surface area contributed by atoms with Gasteiger partial charge >= 0.3 is 5.97 Å². The summed E-state index contributed by atoms with van der Waals surface area (Å²) in [6, 6.07) is 4.18. The Kier molecular flexibility index (Phi) is 5.96. The second-order valence-electron chi connectivity index (χ2n) is 6.04. The Balaban J connectivity index is 1.79. The quantitative estimate of drug-likeness (QED) is 0.698. The zero-order chi connectivity index (χ0) is 18.7. The van der Waals surface area contributed by atoms with Gasteiger partial charge in [-0.25, -0.2) is 18.2 Å². The lowest BCUT2D eigenvalue weighted by atomic mass is 10.2. The number of aryl methyl sites for hydroxylation is 1. The fourth-order valence-corrected chi connectivity index (χ4v) is 5.38. The number of halogens is 1. The topological polar surface area (TPSA) is 76.6 Å². The minimum Gasteiger partial charge on any atom is -0.456 e. The van der Waals surface area contributed by atoms with Crippen LogP contribution in [-0.4, -0.2) is 36.8 Å². The standard InChI is InChI=1S/C17H19ClN2O4S2/c1-12-19-14(11-25-12)10-24-17(21)13-5-6-15(18)16(9-13)26(22,23)20-7-3-2-4-8-20/h5-6,9,11H,2-4,7-8,10H2,1H3. The smallest absolute Gasteiger partial charge is 0.338 e. The fourth-order valence-electron chi connectivity index (χ4n) is 2.77. The van der Waals surface area contributed by atoms with Gasteiger partial charge < -0.3 is 4.74 Å². The van der Waals surface area contributed by atoms with Crippen LogP contribution in [0.2, 0.25) is 5.02 Å². The molecule has 1 aromatic heterocycles. The number of carbonyl (C=O) groups excluding carboxylic acids is 1. The van der Waals surface area contributed by atoms with Gasteiger partial charge in [0.1, 0.15) is 11.5 Å². The number of thiazole rings is 1. The van der Waals surface area contributed by atoms with E-state index in [1.807, 2.05) is 12.3 Å². The van der Waals surface area contributed by atoms with Gasteiger partial charge in [-0.15, -0.1) is 11.3 Å². The number of nitrogens with zero attached hydrogens (tertiary/aromatic N) is 2. The Morgan fingerprint density at radius 2 is 2.04 bits per heavy atom. The number of piperidine rings is 1. The summed E-state index contributed by atoms with van der Waals surface area (Å²) in [6.07, 6.45) is 2.67. The second-order valence-corrected chi connectivity index (χ2v) is 9.42. The van der Waals surface area contributed by atoms with E-state index in [1.165, 1.54) is 33.8 Å². The molecule has 0 saturated carbocycles. The molecule has 0 bridgehead atoms. The Morgan fingerprint density at radius 3 is 2.69 bits per heavy atom. The maximum absolute atomic E-state index is 12.8. The lowest BCUT2D eigenvalue weighted by Crippen LogP contribution is -2.35. The van der Waals surface area contributed by atoms with E-state index in [-0.39, 0.29) is 22.1 Å². The molecule has 0 aliphatic carbocycles. The first-order valence-corrected chi connectivity index (χ1v) is 11.0. The summed E-state index contributed by atoms with van der Waals surface area (Å²) in [5.41, 5.74) is 0.813. The number of sulfonamides is 1. The van der Waals surface area contributed by atoms with Gasteiger partial charge in [0.05, 0.1) is 21.3 Å². The average molecular weight is 415 g/mol. The number of aromatic nitrogens is 1. The number of rotatable bonds is 5. The number of hydrogen-bond donors (Lipinski definition) is 0. The van der Waals surface area contributed by atoms with Crippen molar-refractivity contribution in [2.45, 2.75) is 37.7 Å². The third-order valence-corrected chi connectivity index (χ3v) is 7.32. The van der Waals surface area contributed by atoms with Gasteiger partial charge in [-0.1, -0.05) is 18.0 Å². The van der Waals surface area contributed by atoms with Crippen molar-refractivity contribution in [3.8, 4) is 0 Å². The third kappa shape index (κ3) is 4.25. The van der Waals surface area contributed by atoms with Crippen LogP contribution in [0.1, 0.15) is 40.3 Å². The highest BCUT2D eigenvalue weighted by Crippen LogP contribution is 2.28. The predicted octanol–water partition coefficient (Wildman–Crippen LogP) is 3.64. The minimum atomic E-state index is -3.73. The van der Waals surface area contributed by atoms with Crippen LogP contribution in [0, 0.1) is 6.92 Å². The van der Waals surface area contributed by atoms with E-state index >= 15 is 0 Å². The van der Waals surface area contributed by atoms with Gasteiger partial charge in [0, 0.05) is 18.5 Å². The SMILES string of the molecule is Cc1nc(COC(=O)c2ccc(Cl)c(S(=O)(=O)N3CCCCC3)c2)cs1. The molecule has 1 saturated heterocycles. The van der Waals surface area contributed by atoms with Gasteiger partial charge in [0.15, 0.2) is 0 Å². The number of ether oxygens (including phenoxy) is 1. The number of esters is 1. The van der Waals surface area contributed by atoms with E-state index in [0.29, 0.717) is 18.8 Å². The van der Waals surface area contributed by atoms with Crippen molar-refractivity contribution in [2.75, 3.05) is 13.1 Å². The molecule has 26 heavy (non-hydrogen) atoms. The lowest BCUT2D eigenvalue weighted by molar-refractivity contribution is 0.0468. The zero-order valence-corrected chi connectivity index (χ0v) is 16.7. The first kappa shape index (κ1) is 19.3. The number of benzene rings is 1. The van der Waals surface area contributed by atoms with E-state index in [4.69, 9.17) is 16.3 Å². The molecule has 1 aromatic carbocycles. The van der Waals surface area contributed by atoms with Crippen LogP contribution in [0.3, 0.4) is 0 Å². The zero-order valence-electron chi connectivity index (χ0n) is 14.3. The molecule has 0 N–H and O–H groups in total. The van der Waals surface area contributed by atoms with Crippen molar-refractivity contribution in [3.05, 3.63) is 44.9 Å². The third-order valence-electron chi connectivity index (χ3n) is 4.12. The highest BCUT2D eigenvalue weighted by atomic mass is 35.5. The maximum Gasteiger partial charge on any atom is 0.338 e. The van der Waals surface area contributed by atoms with Crippen LogP contribution in [0.5, 0.6) is 0 Å². The number of hydrogen-bond acceptors (Lipinski definition) is 6. The molecule has 6 nitrogen and oxygen atoms in total. The van der Waals surface area contributed by atoms with Crippen LogP contribution < -0.4 is 0 Å². The largest absolute Gasteiger partial charge is 0.456 e. The molecule has 140 valence electrons. The molecule has 0 unspecified atom stereocenters. The van der Waals surface area contributed by atoms with Crippen molar-refractivity contribution in [1.29, 1.82) is 0 Å². The first-order valence-electron chi connectivity index (χ1n) is 8.26. The van der Waals surface area contributed by atoms with Gasteiger partial charge in [-0.05, 0) is 38.0 Å². The molecular weight excluding hydrogens is 396 g/mol. The molecule has 3 rings (SSSR count). The minimum absolute atomic E-state index is 0.0417. The Bertz CT molecular complexity index is 905. The molecule has 2 aromatic rings. The van der Waals surface area contributed by atoms with Crippen molar-refractivity contribution in [3.63, 3.8) is 0 Å². The molecule has 1 fully saturated rings. The Labute approximate surface area is 161 Å². The van der Waals surface area contributed by atoms with E-state index in [0.717, 1.165) is 24.3 Å². The summed E-state index contributed by atoms with van der Waals surface area (Å²) in [7, 11) is -3.73. The van der Waals surface area contributed by atoms with Crippen molar-refractivity contribution < 1.29 is 17.9 Å². The van der Waals surface area contributed by atoms with Crippen molar-refractivity contribution >= 4 is 38.9 Å². The van der Waals surface area contributed by atoms with E-state index in [1.54, 1.807) is 0 Å². The van der Waals surface area contributed by atoms with Crippen molar-refractivity contribution in [2.24, 2.45) is 0 Å². The summed E-state index contributed by atoms with van der Waals surface area (Å²) in [6.45, 7) is 2.85. The summed E-state index contributed by atoms with van der Waals surface area (Å²) >= 11 is 7.58. The molecule has 0 atom stereocenters. The predicted molar refractivity (Wildman–Crippen MR) is 100 cm³/mol. The van der Waals surface area contributed by atoms with Gasteiger partial charge in [-0.2, -0.15) is 4.31 Å². The van der Waals surface area contributed by atoms with Crippen molar-refractivity contribution in [1.82, 2.24) is 9.29 Å². The highest BCUT2D eigenvalue weighted by molar-refractivity contribution is 7.89. The molecule has 2 heterocycles. The Morgan fingerprint density at radius 1 is 1.31 bits per heavy atom. The normalized spacial score (nSPS) is 15.8. The Hall–Kier alpha value is -1.48. The van der Waals surface area contributed by atoms with E-state index < -0.39 is 16.0 Å². The van der Waals surface area contributed by atoms with Crippen LogP contribution in [0.15, 0.2) is 28.5 Å². The summed E-state index contributed by atoms with van der Waals surface area (Å²) in [5, 5.41) is 2.80. The molecule has 1 aliphatic heterocycles. The summed E-state index contributed by atoms with van der Waals surface area (Å²) in [4.78, 5) is 16.5. The van der Waals surface area contributed by atoms with Crippen LogP contribution in [0.4, 0.5) is 0 Å².